The number of hydrogen-bond acceptors (Lipinski definition) is 2. The average molecular weight is 313 g/mol. The van der Waals surface area contributed by atoms with Crippen molar-refractivity contribution in [3.05, 3.63) is 64.8 Å². The summed E-state index contributed by atoms with van der Waals surface area (Å²) in [4.78, 5) is 12.0. The van der Waals surface area contributed by atoms with E-state index in [0.29, 0.717) is 16.5 Å². The maximum absolute atomic E-state index is 12.0. The Labute approximate surface area is 135 Å². The van der Waals surface area contributed by atoms with Gasteiger partial charge in [0.05, 0.1) is 5.57 Å². The third-order valence-corrected chi connectivity index (χ3v) is 3.96. The maximum atomic E-state index is 12.0. The van der Waals surface area contributed by atoms with Crippen LogP contribution in [0.2, 0.25) is 5.02 Å². The summed E-state index contributed by atoms with van der Waals surface area (Å²) < 4.78 is 0. The van der Waals surface area contributed by atoms with E-state index in [9.17, 15) is 4.79 Å². The van der Waals surface area contributed by atoms with Gasteiger partial charge < -0.3 is 10.6 Å². The molecule has 0 saturated heterocycles. The van der Waals surface area contributed by atoms with Crippen LogP contribution in [0.1, 0.15) is 30.9 Å². The monoisotopic (exact) mass is 312 g/mol. The lowest BCUT2D eigenvalue weighted by Gasteiger charge is -2.07. The van der Waals surface area contributed by atoms with E-state index >= 15 is 0 Å². The molecule has 3 nitrogen and oxygen atoms in total. The van der Waals surface area contributed by atoms with Crippen LogP contribution in [0.5, 0.6) is 0 Å². The Hall–Kier alpha value is -2.26. The molecule has 0 spiro atoms. The van der Waals surface area contributed by atoms with Gasteiger partial charge in [0, 0.05) is 28.2 Å². The lowest BCUT2D eigenvalue weighted by molar-refractivity contribution is -0.110. The fourth-order valence-electron chi connectivity index (χ4n) is 2.42. The molecule has 22 heavy (non-hydrogen) atoms. The SMILES string of the molecule is CC(C)c1ccc(NC=C2C(=O)Nc3ccc(Cl)cc32)cc1. The third-order valence-electron chi connectivity index (χ3n) is 3.73. The van der Waals surface area contributed by atoms with E-state index in [1.807, 2.05) is 18.2 Å². The van der Waals surface area contributed by atoms with Crippen LogP contribution < -0.4 is 10.6 Å². The molecule has 0 fully saturated rings. The second kappa shape index (κ2) is 5.85. The molecule has 1 aliphatic rings. The zero-order valence-electron chi connectivity index (χ0n) is 12.5. The van der Waals surface area contributed by atoms with Crippen molar-refractivity contribution in [3.63, 3.8) is 0 Å². The molecule has 112 valence electrons. The molecule has 0 aliphatic carbocycles. The minimum absolute atomic E-state index is 0.122. The van der Waals surface area contributed by atoms with Gasteiger partial charge in [-0.3, -0.25) is 4.79 Å². The number of carbonyl (C=O) groups is 1. The second-order valence-corrected chi connectivity index (χ2v) is 6.06. The van der Waals surface area contributed by atoms with Crippen LogP contribution in [-0.2, 0) is 4.79 Å². The Bertz CT molecular complexity index is 748. The molecular formula is C18H17ClN2O. The molecule has 2 aromatic rings. The highest BCUT2D eigenvalue weighted by Gasteiger charge is 2.24. The summed E-state index contributed by atoms with van der Waals surface area (Å²) in [5.41, 5.74) is 4.43. The molecule has 0 aromatic heterocycles. The number of rotatable bonds is 3. The fraction of sp³-hybridized carbons (Fsp3) is 0.167. The molecule has 3 rings (SSSR count). The summed E-state index contributed by atoms with van der Waals surface area (Å²) in [5, 5.41) is 6.62. The van der Waals surface area contributed by atoms with Gasteiger partial charge in [-0.25, -0.2) is 0 Å². The van der Waals surface area contributed by atoms with Gasteiger partial charge in [-0.05, 0) is 41.8 Å². The van der Waals surface area contributed by atoms with Crippen LogP contribution in [0.3, 0.4) is 0 Å². The molecule has 0 radical (unpaired) electrons. The van der Waals surface area contributed by atoms with Gasteiger partial charge in [-0.2, -0.15) is 0 Å². The van der Waals surface area contributed by atoms with Crippen LogP contribution in [0, 0.1) is 0 Å². The zero-order valence-corrected chi connectivity index (χ0v) is 13.2. The van der Waals surface area contributed by atoms with Crippen LogP contribution >= 0.6 is 11.6 Å². The first-order valence-electron chi connectivity index (χ1n) is 7.22. The first kappa shape index (κ1) is 14.7. The molecule has 2 aromatic carbocycles. The van der Waals surface area contributed by atoms with E-state index in [4.69, 9.17) is 11.6 Å². The molecule has 0 saturated carbocycles. The summed E-state index contributed by atoms with van der Waals surface area (Å²) in [6.07, 6.45) is 1.72. The van der Waals surface area contributed by atoms with Gasteiger partial charge in [0.1, 0.15) is 0 Å². The third kappa shape index (κ3) is 2.85. The molecule has 0 bridgehead atoms. The Morgan fingerprint density at radius 3 is 2.55 bits per heavy atom. The van der Waals surface area contributed by atoms with E-state index in [0.717, 1.165) is 16.9 Å². The van der Waals surface area contributed by atoms with Crippen molar-refractivity contribution in [2.75, 3.05) is 10.6 Å². The van der Waals surface area contributed by atoms with Gasteiger partial charge >= 0.3 is 0 Å². The van der Waals surface area contributed by atoms with Crippen molar-refractivity contribution in [1.29, 1.82) is 0 Å². The summed E-state index contributed by atoms with van der Waals surface area (Å²) >= 11 is 6.01. The molecule has 0 atom stereocenters. The smallest absolute Gasteiger partial charge is 0.257 e. The molecule has 1 amide bonds. The summed E-state index contributed by atoms with van der Waals surface area (Å²) in [7, 11) is 0. The lowest BCUT2D eigenvalue weighted by atomic mass is 10.0. The number of halogens is 1. The van der Waals surface area contributed by atoms with Crippen molar-refractivity contribution >= 4 is 34.5 Å². The van der Waals surface area contributed by atoms with Gasteiger partial charge in [0.15, 0.2) is 0 Å². The normalized spacial score (nSPS) is 15.1. The van der Waals surface area contributed by atoms with Crippen LogP contribution in [-0.4, -0.2) is 5.91 Å². The molecule has 1 aliphatic heterocycles. The highest BCUT2D eigenvalue weighted by atomic mass is 35.5. The van der Waals surface area contributed by atoms with Crippen LogP contribution in [0.15, 0.2) is 48.7 Å². The molecular weight excluding hydrogens is 296 g/mol. The highest BCUT2D eigenvalue weighted by molar-refractivity contribution is 6.34. The van der Waals surface area contributed by atoms with E-state index in [2.05, 4.69) is 36.6 Å². The molecule has 0 unspecified atom stereocenters. The number of amides is 1. The number of benzene rings is 2. The predicted octanol–water partition coefficient (Wildman–Crippen LogP) is 4.87. The number of carbonyl (C=O) groups excluding carboxylic acids is 1. The van der Waals surface area contributed by atoms with Crippen molar-refractivity contribution in [1.82, 2.24) is 0 Å². The van der Waals surface area contributed by atoms with Crippen molar-refractivity contribution in [3.8, 4) is 0 Å². The Morgan fingerprint density at radius 1 is 1.14 bits per heavy atom. The van der Waals surface area contributed by atoms with E-state index < -0.39 is 0 Å². The van der Waals surface area contributed by atoms with E-state index in [1.54, 1.807) is 18.3 Å². The van der Waals surface area contributed by atoms with Crippen LogP contribution in [0.4, 0.5) is 11.4 Å². The van der Waals surface area contributed by atoms with E-state index in [-0.39, 0.29) is 5.91 Å². The summed E-state index contributed by atoms with van der Waals surface area (Å²) in [5.74, 6) is 0.380. The lowest BCUT2D eigenvalue weighted by Crippen LogP contribution is -2.05. The predicted molar refractivity (Wildman–Crippen MR) is 92.2 cm³/mol. The molecule has 4 heteroatoms. The van der Waals surface area contributed by atoms with Crippen molar-refractivity contribution in [2.45, 2.75) is 19.8 Å². The number of fused-ring (bicyclic) bond motifs is 1. The number of anilines is 2. The zero-order chi connectivity index (χ0) is 15.7. The first-order chi connectivity index (χ1) is 10.5. The average Bonchev–Trinajstić information content (AvgIpc) is 2.80. The molecule has 1 heterocycles. The maximum Gasteiger partial charge on any atom is 0.257 e. The largest absolute Gasteiger partial charge is 0.361 e. The van der Waals surface area contributed by atoms with Gasteiger partial charge in [-0.15, -0.1) is 0 Å². The Kier molecular flexibility index (Phi) is 3.90. The van der Waals surface area contributed by atoms with Crippen LogP contribution in [0.25, 0.3) is 5.57 Å². The Morgan fingerprint density at radius 2 is 1.86 bits per heavy atom. The summed E-state index contributed by atoms with van der Waals surface area (Å²) in [6.45, 7) is 4.32. The molecule has 2 N–H and O–H groups in total. The summed E-state index contributed by atoms with van der Waals surface area (Å²) in [6, 6.07) is 13.6. The second-order valence-electron chi connectivity index (χ2n) is 5.62. The minimum Gasteiger partial charge on any atom is -0.361 e. The van der Waals surface area contributed by atoms with Crippen molar-refractivity contribution < 1.29 is 4.79 Å². The number of nitrogens with one attached hydrogen (secondary N) is 2. The highest BCUT2D eigenvalue weighted by Crippen LogP contribution is 2.33. The topological polar surface area (TPSA) is 41.1 Å². The van der Waals surface area contributed by atoms with Gasteiger partial charge in [0.2, 0.25) is 0 Å². The van der Waals surface area contributed by atoms with Gasteiger partial charge in [0.25, 0.3) is 5.91 Å². The fourth-order valence-corrected chi connectivity index (χ4v) is 2.60. The first-order valence-corrected chi connectivity index (χ1v) is 7.60. The van der Waals surface area contributed by atoms with Crippen molar-refractivity contribution in [2.24, 2.45) is 0 Å². The minimum atomic E-state index is -0.122. The number of hydrogen-bond donors (Lipinski definition) is 2. The standard InChI is InChI=1S/C18H17ClN2O/c1-11(2)12-3-6-14(7-4-12)20-10-16-15-9-13(19)5-8-17(15)21-18(16)22/h3-11,20H,1-2H3,(H,21,22). The Balaban J connectivity index is 1.84. The quantitative estimate of drug-likeness (QED) is 0.794. The van der Waals surface area contributed by atoms with Gasteiger partial charge in [-0.1, -0.05) is 37.6 Å². The van der Waals surface area contributed by atoms with E-state index in [1.165, 1.54) is 5.56 Å².